The molecule has 614 valence electrons. The van der Waals surface area contributed by atoms with Crippen molar-refractivity contribution >= 4 is 95.4 Å². The predicted octanol–water partition coefficient (Wildman–Crippen LogP) is 10.0. The van der Waals surface area contributed by atoms with E-state index in [1.165, 1.54) is 0 Å². The highest BCUT2D eigenvalue weighted by atomic mass is 127. The van der Waals surface area contributed by atoms with E-state index in [1.54, 1.807) is 60.3 Å². The Morgan fingerprint density at radius 3 is 1.15 bits per heavy atom. The summed E-state index contributed by atoms with van der Waals surface area (Å²) in [6, 6.07) is 15.4. The molecule has 117 heavy (non-hydrogen) atoms. The lowest BCUT2D eigenvalue weighted by atomic mass is 10.1. The first-order valence-corrected chi connectivity index (χ1v) is 41.3. The Hall–Kier alpha value is -10.1. The van der Waals surface area contributed by atoms with Gasteiger partial charge in [-0.15, -0.1) is 0 Å². The minimum Gasteiger partial charge on any atom is -0.474 e. The van der Waals surface area contributed by atoms with Gasteiger partial charge in [0.1, 0.15) is 45.6 Å². The van der Waals surface area contributed by atoms with E-state index in [0.717, 1.165) is 230 Å². The normalized spacial score (nSPS) is 17.9. The molecule has 20 rings (SSSR count). The summed E-state index contributed by atoms with van der Waals surface area (Å²) in [6.07, 6.45) is 23.7. The first-order chi connectivity index (χ1) is 57.4. The maximum atomic E-state index is 6.28. The van der Waals surface area contributed by atoms with Gasteiger partial charge in [-0.3, -0.25) is 23.7 Å². The summed E-state index contributed by atoms with van der Waals surface area (Å²) >= 11 is 8.15. The highest BCUT2D eigenvalue weighted by Crippen LogP contribution is 2.38. The number of halogens is 2. The number of fused-ring (bicyclic) bond motifs is 5. The van der Waals surface area contributed by atoms with Crippen LogP contribution in [0, 0.1) is 10.6 Å². The van der Waals surface area contributed by atoms with E-state index in [4.69, 9.17) is 88.5 Å². The van der Waals surface area contributed by atoms with E-state index in [9.17, 15) is 0 Å². The Morgan fingerprint density at radius 1 is 0.359 bits per heavy atom. The quantitative estimate of drug-likeness (QED) is 0.0680. The van der Waals surface area contributed by atoms with Gasteiger partial charge in [0.05, 0.1) is 177 Å². The van der Waals surface area contributed by atoms with Crippen LogP contribution >= 0.6 is 34.2 Å². The summed E-state index contributed by atoms with van der Waals surface area (Å²) < 4.78 is 76.8. The molecule has 0 bridgehead atoms. The number of nitrogens with zero attached hydrogens (tertiary/aromatic N) is 22. The molecule has 0 amide bonds. The lowest BCUT2D eigenvalue weighted by Crippen LogP contribution is -2.37. The molecule has 0 aliphatic carbocycles. The number of hydrogen-bond donors (Lipinski definition) is 0. The molecule has 20 heterocycles. The molecule has 7 saturated heterocycles. The Balaban J connectivity index is 0.000000111. The van der Waals surface area contributed by atoms with Gasteiger partial charge in [0, 0.05) is 168 Å². The van der Waals surface area contributed by atoms with Crippen LogP contribution in [0.4, 0.5) is 11.9 Å². The van der Waals surface area contributed by atoms with Crippen LogP contribution in [0.3, 0.4) is 0 Å². The second-order valence-corrected chi connectivity index (χ2v) is 30.3. The van der Waals surface area contributed by atoms with E-state index in [2.05, 4.69) is 92.5 Å². The number of morpholine rings is 2. The van der Waals surface area contributed by atoms with Gasteiger partial charge in [0.25, 0.3) is 0 Å². The molecule has 0 aromatic carbocycles. The van der Waals surface area contributed by atoms with Gasteiger partial charge in [-0.2, -0.15) is 20.4 Å². The first kappa shape index (κ1) is 80.7. The molecular weight excluding hydrogens is 1640 g/mol. The third-order valence-corrected chi connectivity index (χ3v) is 22.1. The second kappa shape index (κ2) is 38.5. The molecule has 0 N–H and O–H groups in total. The number of ether oxygens (including phenoxy) is 12. The van der Waals surface area contributed by atoms with Crippen molar-refractivity contribution in [1.29, 1.82) is 0 Å². The van der Waals surface area contributed by atoms with Crippen LogP contribution < -0.4 is 33.5 Å². The average Bonchev–Trinajstić information content (AvgIpc) is 1.66. The molecule has 12 aromatic rings. The van der Waals surface area contributed by atoms with Crippen molar-refractivity contribution in [3.63, 3.8) is 0 Å². The maximum absolute atomic E-state index is 6.28. The fraction of sp³-hybridized carbons (Fsp3) is 0.481. The monoisotopic (exact) mass is 1730 g/mol. The van der Waals surface area contributed by atoms with Crippen LogP contribution in [0.1, 0.15) is 86.7 Å². The lowest BCUT2D eigenvalue weighted by molar-refractivity contribution is 0.0235. The third kappa shape index (κ3) is 19.4. The van der Waals surface area contributed by atoms with Crippen LogP contribution in [0.5, 0.6) is 29.4 Å². The standard InChI is InChI=1S/C20H24N6O3.C20H23N5O3.C16H16ClN5O2.C13H17N3O2.C12H14IN3O2/c1-25-16-3-7-21-19(29-14-4-10-27-11-5-14)17(16)18(24-25)15-2-6-22-20(23-15)26-8-12-28-13-9-26;1-5-21-19(28-15-3-9-26-10-4-15)17-14(1)13-23-18(17)16-2-6-22-20(24-16)25-7-11-27-12-8-25;1-22-12-3-7-18-15(24-10-4-8-23-9-5-10)13(12)14(21-22)11-2-6-19-16(17)20-11;1-9-12-11(16(2)15-9)3-6-14-13(12)18-10-4-7-17-8-5-10;1-16-9-2-5-14-12(10(9)11(13)15-16)18-8-3-6-17-7-4-8/h2-3,6-7,14H,4-5,8-13H2,1H3;1-2,5-6,15H,3-4,7-13H2;2-3,6-7,10H,4-5,8-9H2,1H3;3,6,10H,4-5,7-8H2,1-2H3;2,5,8H,3-4,6-7H2,1H3. The van der Waals surface area contributed by atoms with Crippen molar-refractivity contribution in [3.8, 4) is 52.2 Å². The summed E-state index contributed by atoms with van der Waals surface area (Å²) in [6.45, 7) is 15.9. The second-order valence-electron chi connectivity index (χ2n) is 29.0. The van der Waals surface area contributed by atoms with Gasteiger partial charge in [-0.1, -0.05) is 0 Å². The highest BCUT2D eigenvalue weighted by Gasteiger charge is 2.31. The lowest BCUT2D eigenvalue weighted by Gasteiger charge is -2.27. The van der Waals surface area contributed by atoms with Crippen molar-refractivity contribution in [2.45, 2.75) is 108 Å². The smallest absolute Gasteiger partial charge is 0.226 e. The van der Waals surface area contributed by atoms with Crippen LogP contribution in [0.2, 0.25) is 5.28 Å². The molecule has 0 radical (unpaired) electrons. The van der Waals surface area contributed by atoms with Gasteiger partial charge < -0.3 is 66.6 Å². The maximum Gasteiger partial charge on any atom is 0.226 e. The van der Waals surface area contributed by atoms with Crippen molar-refractivity contribution in [1.82, 2.24) is 93.9 Å². The van der Waals surface area contributed by atoms with E-state index in [1.807, 2.05) is 91.6 Å². The molecular formula is C81H94ClIN22O12. The molecule has 8 aliphatic rings. The molecule has 7 fully saturated rings. The molecule has 0 unspecified atom stereocenters. The molecule has 12 aromatic heterocycles. The highest BCUT2D eigenvalue weighted by molar-refractivity contribution is 14.1. The molecule has 34 nitrogen and oxygen atoms in total. The minimum absolute atomic E-state index is 0.0962. The van der Waals surface area contributed by atoms with Gasteiger partial charge >= 0.3 is 0 Å². The van der Waals surface area contributed by atoms with Crippen molar-refractivity contribution in [2.75, 3.05) is 128 Å². The Kier molecular flexibility index (Phi) is 26.6. The molecule has 0 saturated carbocycles. The first-order valence-electron chi connectivity index (χ1n) is 39.9. The van der Waals surface area contributed by atoms with E-state index in [0.29, 0.717) is 98.9 Å². The molecule has 0 atom stereocenters. The van der Waals surface area contributed by atoms with E-state index < -0.39 is 0 Å². The SMILES string of the molecule is Cc1nn(C)c2ccnc(OC3CCOCC3)c12.Cn1nc(-c2ccnc(Cl)n2)c2c(OC3CCOCC3)nccc21.Cn1nc(-c2ccnc(N3CCOCC3)n2)c2c(OC3CCOCC3)nccc21.Cn1nc(I)c2c(OC3CCOCC3)nccc21.c1cc(C2=NCc3ccnc(OC4CCOCC4)c32)nc(N2CCOCC2)n1. The van der Waals surface area contributed by atoms with Crippen LogP contribution in [-0.2, 0) is 67.9 Å². The number of aromatic nitrogens is 19. The van der Waals surface area contributed by atoms with E-state index in [-0.39, 0.29) is 35.8 Å². The van der Waals surface area contributed by atoms with Gasteiger partial charge in [0.15, 0.2) is 0 Å². The largest absolute Gasteiger partial charge is 0.474 e. The van der Waals surface area contributed by atoms with Crippen molar-refractivity contribution < 1.29 is 56.8 Å². The fourth-order valence-electron chi connectivity index (χ4n) is 15.0. The van der Waals surface area contributed by atoms with Crippen LogP contribution in [-0.4, -0.2) is 249 Å². The zero-order valence-corrected chi connectivity index (χ0v) is 69.0. The number of aryl methyl sites for hydroxylation is 5. The summed E-state index contributed by atoms with van der Waals surface area (Å²) in [4.78, 5) is 57.9. The summed E-state index contributed by atoms with van der Waals surface area (Å²) in [5.41, 5.74) is 11.5. The molecule has 8 aliphatic heterocycles. The summed E-state index contributed by atoms with van der Waals surface area (Å²) in [5, 5.41) is 22.1. The Bertz CT molecular complexity index is 5280. The summed E-state index contributed by atoms with van der Waals surface area (Å²) in [7, 11) is 7.68. The zero-order valence-electron chi connectivity index (χ0n) is 66.1. The van der Waals surface area contributed by atoms with Gasteiger partial charge in [-0.25, -0.2) is 54.8 Å². The predicted molar refractivity (Wildman–Crippen MR) is 443 cm³/mol. The fourth-order valence-corrected chi connectivity index (χ4v) is 16.0. The summed E-state index contributed by atoms with van der Waals surface area (Å²) in [5.74, 6) is 4.61. The number of hydrogen-bond acceptors (Lipinski definition) is 30. The molecule has 0 spiro atoms. The van der Waals surface area contributed by atoms with Crippen LogP contribution in [0.15, 0.2) is 103 Å². The van der Waals surface area contributed by atoms with Crippen molar-refractivity contribution in [3.05, 3.63) is 130 Å². The van der Waals surface area contributed by atoms with Gasteiger partial charge in [0.2, 0.25) is 46.6 Å². The topological polar surface area (TPSA) is 343 Å². The minimum atomic E-state index is 0.0962. The van der Waals surface area contributed by atoms with Crippen LogP contribution in [0.25, 0.3) is 66.4 Å². The van der Waals surface area contributed by atoms with Gasteiger partial charge in [-0.05, 0) is 95.2 Å². The van der Waals surface area contributed by atoms with E-state index >= 15 is 0 Å². The Morgan fingerprint density at radius 2 is 0.692 bits per heavy atom. The van der Waals surface area contributed by atoms with Crippen molar-refractivity contribution in [2.24, 2.45) is 33.2 Å². The Labute approximate surface area is 693 Å². The number of pyridine rings is 5. The number of aliphatic imine (C=N–C) groups is 1. The number of anilines is 2. The average molecular weight is 1730 g/mol. The zero-order chi connectivity index (χ0) is 80.0. The third-order valence-electron chi connectivity index (χ3n) is 21.2. The number of rotatable bonds is 15. The molecule has 36 heteroatoms.